The lowest BCUT2D eigenvalue weighted by molar-refractivity contribution is -0.385. The average molecular weight is 676 g/mol. The van der Waals surface area contributed by atoms with E-state index in [0.29, 0.717) is 12.1 Å². The van der Waals surface area contributed by atoms with Crippen LogP contribution in [0.5, 0.6) is 5.75 Å². The Balaban J connectivity index is 0.000000238. The van der Waals surface area contributed by atoms with E-state index in [1.165, 1.54) is 17.7 Å². The normalized spacial score (nSPS) is 16.1. The number of ether oxygens (including phenoxy) is 1. The van der Waals surface area contributed by atoms with Crippen LogP contribution in [0, 0.1) is 10.1 Å². The second kappa shape index (κ2) is 15.6. The van der Waals surface area contributed by atoms with E-state index in [0.717, 1.165) is 47.6 Å². The number of aliphatic hydroxyl groups excluding tert-OH is 1. The number of hydrogen-bond acceptors (Lipinski definition) is 8. The minimum absolute atomic E-state index is 0.00428. The van der Waals surface area contributed by atoms with Gasteiger partial charge in [0.15, 0.2) is 0 Å². The Labute approximate surface area is 262 Å². The molecule has 1 aliphatic heterocycles. The first-order valence-corrected chi connectivity index (χ1v) is 17.1. The minimum atomic E-state index is -0.570. The fourth-order valence-corrected chi connectivity index (χ4v) is 8.18. The van der Waals surface area contributed by atoms with E-state index in [9.17, 15) is 20.0 Å². The maximum absolute atomic E-state index is 13.3. The Morgan fingerprint density at radius 1 is 1.29 bits per heavy atom. The molecule has 1 aromatic heterocycles. The number of H-pyrrole nitrogens is 1. The van der Waals surface area contributed by atoms with Crippen LogP contribution in [-0.2, 0) is 6.61 Å². The summed E-state index contributed by atoms with van der Waals surface area (Å²) in [6.07, 6.45) is 9.08. The molecule has 0 saturated carbocycles. The Bertz CT molecular complexity index is 1420. The van der Waals surface area contributed by atoms with Crippen LogP contribution in [0.15, 0.2) is 54.6 Å². The number of nitrogens with zero attached hydrogens (tertiary/aromatic N) is 3. The summed E-state index contributed by atoms with van der Waals surface area (Å²) in [5.41, 5.74) is 3.60. The summed E-state index contributed by atoms with van der Waals surface area (Å²) in [7, 11) is 0. The number of nitrogens with one attached hydrogen (secondary N) is 1. The molecule has 3 aromatic rings. The van der Waals surface area contributed by atoms with Crippen molar-refractivity contribution in [2.24, 2.45) is 0 Å². The number of carbonyl (C=O) groups excluding carboxylic acids is 1. The van der Waals surface area contributed by atoms with Gasteiger partial charge in [0.1, 0.15) is 22.7 Å². The fourth-order valence-electron chi connectivity index (χ4n) is 5.06. The third-order valence-electron chi connectivity index (χ3n) is 6.99. The number of rotatable bonds is 11. The van der Waals surface area contributed by atoms with Gasteiger partial charge >= 0.3 is 0 Å². The van der Waals surface area contributed by atoms with Gasteiger partial charge in [0, 0.05) is 12.1 Å². The number of amides is 1. The summed E-state index contributed by atoms with van der Waals surface area (Å²) in [6, 6.07) is 10.8. The number of allylic oxidation sites excluding steroid dienone is 4. The lowest BCUT2D eigenvalue weighted by Crippen LogP contribution is -2.41. The summed E-state index contributed by atoms with van der Waals surface area (Å²) in [4.78, 5) is 34.0. The molecule has 0 unspecified atom stereocenters. The fraction of sp³-hybridized carbons (Fsp3) is 0.400. The average Bonchev–Trinajstić information content (AvgIpc) is 3.77. The quantitative estimate of drug-likeness (QED) is 0.0951. The van der Waals surface area contributed by atoms with Crippen LogP contribution >= 0.6 is 39.5 Å². The largest absolute Gasteiger partial charge is 0.482 e. The molecule has 224 valence electrons. The molecule has 1 amide bonds. The molecule has 2 aliphatic rings. The molecule has 0 bridgehead atoms. The maximum Gasteiger partial charge on any atom is 0.285 e. The van der Waals surface area contributed by atoms with Gasteiger partial charge in [0.2, 0.25) is 0 Å². The molecule has 1 aliphatic carbocycles. The zero-order chi connectivity index (χ0) is 30.1. The molecule has 42 heavy (non-hydrogen) atoms. The van der Waals surface area contributed by atoms with E-state index in [4.69, 9.17) is 4.74 Å². The van der Waals surface area contributed by atoms with Gasteiger partial charge in [-0.2, -0.15) is 0 Å². The van der Waals surface area contributed by atoms with Gasteiger partial charge in [-0.3, -0.25) is 14.9 Å². The van der Waals surface area contributed by atoms with E-state index < -0.39 is 4.92 Å². The number of hydrogen-bond donors (Lipinski definition) is 2. The number of aromatic nitrogens is 2. The predicted molar refractivity (Wildman–Crippen MR) is 175 cm³/mol. The second-order valence-corrected chi connectivity index (χ2v) is 13.2. The number of para-hydroxylation sites is 2. The zero-order valence-electron chi connectivity index (χ0n) is 23.6. The lowest BCUT2D eigenvalue weighted by atomic mass is 10.1. The number of halogens is 1. The van der Waals surface area contributed by atoms with Crippen molar-refractivity contribution in [2.45, 2.75) is 50.3 Å². The van der Waals surface area contributed by atoms with Gasteiger partial charge in [-0.1, -0.05) is 44.2 Å². The van der Waals surface area contributed by atoms with Crippen LogP contribution in [0.4, 0.5) is 5.69 Å². The van der Waals surface area contributed by atoms with Crippen molar-refractivity contribution in [3.63, 3.8) is 0 Å². The first kappa shape index (κ1) is 32.1. The van der Waals surface area contributed by atoms with Crippen LogP contribution in [0.2, 0.25) is 0 Å². The van der Waals surface area contributed by atoms with Gasteiger partial charge in [-0.05, 0) is 70.5 Å². The number of carbonyl (C=O) groups is 1. The number of alkyl halides is 1. The van der Waals surface area contributed by atoms with Crippen molar-refractivity contribution in [2.75, 3.05) is 23.6 Å². The zero-order valence-corrected chi connectivity index (χ0v) is 26.8. The molecule has 1 atom stereocenters. The van der Waals surface area contributed by atoms with E-state index in [1.807, 2.05) is 41.7 Å². The third-order valence-corrected chi connectivity index (χ3v) is 9.98. The highest BCUT2D eigenvalue weighted by molar-refractivity contribution is 9.09. The number of nitro benzene ring substituents is 1. The van der Waals surface area contributed by atoms with E-state index in [-0.39, 0.29) is 45.7 Å². The number of thioether (sulfide) groups is 2. The number of aromatic amines is 1. The van der Waals surface area contributed by atoms with Gasteiger partial charge < -0.3 is 19.7 Å². The van der Waals surface area contributed by atoms with E-state index in [2.05, 4.69) is 64.0 Å². The Hall–Kier alpha value is -2.80. The van der Waals surface area contributed by atoms with Crippen molar-refractivity contribution in [1.82, 2.24) is 14.9 Å². The van der Waals surface area contributed by atoms with Gasteiger partial charge in [-0.15, -0.1) is 23.5 Å². The van der Waals surface area contributed by atoms with Crippen LogP contribution in [0.1, 0.15) is 54.9 Å². The highest BCUT2D eigenvalue weighted by atomic mass is 79.9. The molecule has 1 fully saturated rings. The standard InChI is InChI=1S/C18H25BrN2O5S2.C12H10N2/c1-3-27-18(28-4-2)14-6-5-7-20(14)17(23)13-8-12(10-22)16(26-11-19)9-15(13)21(24)25;1-2-6-9(5-1)12-13-10-7-3-4-8-11(10)14-12/h8-9,14,18,22H,3-7,10-11H2,1-2H3;1-5,7-8H,6H2,(H,13,14)/t14-;/m0./s1. The molecule has 0 spiro atoms. The van der Waals surface area contributed by atoms with Crippen molar-refractivity contribution in [1.29, 1.82) is 0 Å². The first-order chi connectivity index (χ1) is 20.4. The first-order valence-electron chi connectivity index (χ1n) is 13.9. The molecule has 1 saturated heterocycles. The summed E-state index contributed by atoms with van der Waals surface area (Å²) in [6.45, 7) is 4.40. The molecule has 2 aromatic carbocycles. The number of fused-ring (bicyclic) bond motifs is 1. The number of likely N-dealkylation sites (tertiary alicyclic amines) is 1. The molecule has 0 radical (unpaired) electrons. The van der Waals surface area contributed by atoms with Crippen molar-refractivity contribution >= 4 is 67.7 Å². The highest BCUT2D eigenvalue weighted by Crippen LogP contribution is 2.37. The molecule has 2 N–H and O–H groups in total. The minimum Gasteiger partial charge on any atom is -0.482 e. The summed E-state index contributed by atoms with van der Waals surface area (Å²) < 4.78 is 5.57. The van der Waals surface area contributed by atoms with Gasteiger partial charge in [-0.25, -0.2) is 4.98 Å². The molecular formula is C30H35BrN4O5S2. The maximum atomic E-state index is 13.3. The second-order valence-electron chi connectivity index (χ2n) is 9.56. The number of nitro groups is 1. The van der Waals surface area contributed by atoms with Crippen LogP contribution in [0.3, 0.4) is 0 Å². The Kier molecular flexibility index (Phi) is 11.9. The smallest absolute Gasteiger partial charge is 0.285 e. The van der Waals surface area contributed by atoms with Crippen LogP contribution < -0.4 is 4.74 Å². The number of aliphatic hydroxyl groups is 1. The number of imidazole rings is 1. The third kappa shape index (κ3) is 7.58. The Morgan fingerprint density at radius 2 is 2.05 bits per heavy atom. The number of benzene rings is 2. The van der Waals surface area contributed by atoms with Crippen molar-refractivity contribution in [3.05, 3.63) is 81.7 Å². The molecule has 2 heterocycles. The van der Waals surface area contributed by atoms with Crippen LogP contribution in [-0.4, -0.2) is 65.0 Å². The molecule has 5 rings (SSSR count). The SMILES string of the molecule is C1=CCC(c2nc3ccccc3[nH]2)=C1.CCSC(SCC)[C@@H]1CCCN1C(=O)c1cc(CO)c(OCBr)cc1[N+](=O)[O-]. The van der Waals surface area contributed by atoms with E-state index in [1.54, 1.807) is 4.90 Å². The van der Waals surface area contributed by atoms with Crippen molar-refractivity contribution in [3.8, 4) is 5.75 Å². The predicted octanol–water partition coefficient (Wildman–Crippen LogP) is 7.16. The van der Waals surface area contributed by atoms with E-state index >= 15 is 0 Å². The highest BCUT2D eigenvalue weighted by Gasteiger charge is 2.38. The monoisotopic (exact) mass is 674 g/mol. The summed E-state index contributed by atoms with van der Waals surface area (Å²) >= 11 is 6.74. The van der Waals surface area contributed by atoms with Gasteiger partial charge in [0.05, 0.1) is 39.3 Å². The molecule has 9 nitrogen and oxygen atoms in total. The molecular weight excluding hydrogens is 640 g/mol. The summed E-state index contributed by atoms with van der Waals surface area (Å²) in [5.74, 6) is 2.73. The van der Waals surface area contributed by atoms with Crippen LogP contribution in [0.25, 0.3) is 16.6 Å². The van der Waals surface area contributed by atoms with Crippen molar-refractivity contribution < 1.29 is 19.6 Å². The van der Waals surface area contributed by atoms with Gasteiger partial charge in [0.25, 0.3) is 11.6 Å². The Morgan fingerprint density at radius 3 is 2.67 bits per heavy atom. The molecule has 12 heteroatoms. The summed E-state index contributed by atoms with van der Waals surface area (Å²) in [5, 5.41) is 21.2. The topological polar surface area (TPSA) is 122 Å². The lowest BCUT2D eigenvalue weighted by Gasteiger charge is -2.31.